The summed E-state index contributed by atoms with van der Waals surface area (Å²) in [6, 6.07) is 11.1. The van der Waals surface area contributed by atoms with Crippen molar-refractivity contribution in [2.75, 3.05) is 39.3 Å². The molecular formula is C100H147N9O21. The van der Waals surface area contributed by atoms with E-state index in [2.05, 4.69) is 36.4 Å². The second-order valence-electron chi connectivity index (χ2n) is 35.9. The first-order valence-electron chi connectivity index (χ1n) is 48.5. The van der Waals surface area contributed by atoms with Crippen LogP contribution in [-0.4, -0.2) is 242 Å². The average molecular weight is 1810 g/mol. The molecule has 0 spiro atoms. The van der Waals surface area contributed by atoms with E-state index in [1.54, 1.807) is 71.9 Å². The van der Waals surface area contributed by atoms with E-state index in [1.807, 2.05) is 0 Å². The minimum atomic E-state index is -1.20. The second-order valence-corrected chi connectivity index (χ2v) is 35.9. The molecule has 0 bridgehead atoms. The predicted octanol–water partition coefficient (Wildman–Crippen LogP) is 13.3. The molecule has 6 saturated heterocycles. The number of hydrogen-bond acceptors (Lipinski definition) is 18. The van der Waals surface area contributed by atoms with Gasteiger partial charge >= 0.3 is 17.9 Å². The van der Waals surface area contributed by atoms with Gasteiger partial charge < -0.3 is 76.0 Å². The van der Waals surface area contributed by atoms with Crippen LogP contribution in [0.5, 0.6) is 17.2 Å². The number of nitrogens with one attached hydrogen (secondary N) is 3. The van der Waals surface area contributed by atoms with Gasteiger partial charge in [0, 0.05) is 116 Å². The molecule has 6 aliphatic heterocycles. The standard InChI is InChI=1S/C40H63N3O7.C32H47N3O7.C28H37N3O7/c1-2-3-4-5-6-7-8-9-10-11-12-13-14-15-16-21-38(47)42-28-18-20-35(42)39(48)43-29-17-19-34(43)36(45)26-27-37(46)41-33(40(49)50)30-31-22-24-32(44)25-23-31;1-2-3-4-5-6-7-8-13-30(39)34-20-10-12-27(34)31(40)35-21-9-11-26(35)28(37)18-19-29(38)33-25(32(41)42)22-23-14-16-24(36)17-15-23;1-2-3-4-9-26(35)30-16-6-8-23(30)27(36)31-17-5-7-22(31)24(33)14-15-25(34)29-21(28(37)38)18-19-10-12-20(32)13-11-19/h22-25,33-35,44H,2-21,26-30H2,1H3,(H,41,46)(H,49,50);14-17,25-27,36H,2-13,18-22H2,1H3,(H,33,38)(H,41,42);2,10-13,21-23,32H,1,3-9,14-18H2,(H,29,34)(H,37,38)/t33-,34-,35-;25-,26-,27-;21-,22-,23-/m000/s1. The van der Waals surface area contributed by atoms with E-state index in [0.717, 1.165) is 64.2 Å². The van der Waals surface area contributed by atoms with Gasteiger partial charge in [0.05, 0.1) is 18.1 Å². The van der Waals surface area contributed by atoms with Crippen LogP contribution >= 0.6 is 0 Å². The maximum absolute atomic E-state index is 13.7. The van der Waals surface area contributed by atoms with Crippen LogP contribution in [0.3, 0.4) is 0 Å². The number of Topliss-reactive ketones (excluding diaryl/α,β-unsaturated/α-hetero) is 3. The minimum Gasteiger partial charge on any atom is -0.508 e. The van der Waals surface area contributed by atoms with Crippen molar-refractivity contribution in [3.8, 4) is 17.2 Å². The highest BCUT2D eigenvalue weighted by Gasteiger charge is 2.46. The molecular weight excluding hydrogens is 1660 g/mol. The third-order valence-electron chi connectivity index (χ3n) is 25.9. The summed E-state index contributed by atoms with van der Waals surface area (Å²) in [7, 11) is 0. The fourth-order valence-corrected chi connectivity index (χ4v) is 18.6. The number of amides is 9. The minimum absolute atomic E-state index is 0.0124. The lowest BCUT2D eigenvalue weighted by molar-refractivity contribution is -0.146. The Morgan fingerprint density at radius 3 is 0.769 bits per heavy atom. The Balaban J connectivity index is 0.000000269. The summed E-state index contributed by atoms with van der Waals surface area (Å²) in [4.78, 5) is 201. The number of nitrogens with zero attached hydrogens (tertiary/aromatic N) is 6. The molecule has 6 fully saturated rings. The highest BCUT2D eigenvalue weighted by atomic mass is 16.4. The Morgan fingerprint density at radius 1 is 0.308 bits per heavy atom. The summed E-state index contributed by atoms with van der Waals surface area (Å²) in [5.41, 5.74) is 1.91. The molecule has 6 heterocycles. The molecule has 0 saturated carbocycles. The zero-order chi connectivity index (χ0) is 94.3. The Labute approximate surface area is 767 Å². The zero-order valence-corrected chi connectivity index (χ0v) is 77.1. The van der Waals surface area contributed by atoms with Gasteiger partial charge in [-0.25, -0.2) is 14.4 Å². The van der Waals surface area contributed by atoms with E-state index in [0.29, 0.717) is 139 Å². The number of carbonyl (C=O) groups is 15. The van der Waals surface area contributed by atoms with E-state index in [1.165, 1.54) is 139 Å². The number of carboxylic acids is 3. The zero-order valence-electron chi connectivity index (χ0n) is 77.1. The summed E-state index contributed by atoms with van der Waals surface area (Å²) in [5, 5.41) is 64.3. The van der Waals surface area contributed by atoms with Crippen LogP contribution < -0.4 is 16.0 Å². The molecule has 0 unspecified atom stereocenters. The van der Waals surface area contributed by atoms with Crippen molar-refractivity contribution in [2.45, 2.75) is 376 Å². The number of carbonyl (C=O) groups excluding carboxylic acids is 12. The Morgan fingerprint density at radius 2 is 0.531 bits per heavy atom. The lowest BCUT2D eigenvalue weighted by Gasteiger charge is -2.31. The van der Waals surface area contributed by atoms with Crippen LogP contribution in [0.1, 0.15) is 319 Å². The van der Waals surface area contributed by atoms with E-state index in [9.17, 15) is 103 Å². The van der Waals surface area contributed by atoms with E-state index in [4.69, 9.17) is 0 Å². The number of benzene rings is 3. The van der Waals surface area contributed by atoms with Gasteiger partial charge in [0.2, 0.25) is 53.2 Å². The number of phenols is 3. The van der Waals surface area contributed by atoms with Crippen molar-refractivity contribution in [3.05, 3.63) is 102 Å². The Hall–Kier alpha value is -10.6. The summed E-state index contributed by atoms with van der Waals surface area (Å²) < 4.78 is 0. The molecule has 9 atom stereocenters. The van der Waals surface area contributed by atoms with Crippen LogP contribution in [0.2, 0.25) is 0 Å². The molecule has 0 radical (unpaired) electrons. The molecule has 0 aromatic heterocycles. The van der Waals surface area contributed by atoms with Gasteiger partial charge in [-0.1, -0.05) is 185 Å². The molecule has 6 aliphatic rings. The SMILES string of the molecule is C=CCCCC(=O)N1CCC[C@H]1C(=O)N1CCC[C@H]1C(=O)CCC(=O)N[C@@H](Cc1ccc(O)cc1)C(=O)O.CCCCCCCCCC(=O)N1CCC[C@H]1C(=O)N1CCC[C@H]1C(=O)CCC(=O)N[C@@H](Cc1ccc(O)cc1)C(=O)O.CCCCCCCCCCCCCCCCCC(=O)N1CCC[C@H]1C(=O)N1CCC[C@H]1C(=O)CCC(=O)N[C@@H](Cc1ccc(O)cc1)C(=O)O. The third kappa shape index (κ3) is 36.3. The number of ketones is 3. The number of aromatic hydroxyl groups is 3. The number of hydrogen-bond donors (Lipinski definition) is 9. The molecule has 9 N–H and O–H groups in total. The van der Waals surface area contributed by atoms with Crippen LogP contribution in [0.4, 0.5) is 0 Å². The smallest absolute Gasteiger partial charge is 0.326 e. The van der Waals surface area contributed by atoms with E-state index in [-0.39, 0.29) is 128 Å². The number of carboxylic acid groups (broad SMARTS) is 3. The lowest BCUT2D eigenvalue weighted by Crippen LogP contribution is -2.51. The number of allylic oxidation sites excluding steroid dienone is 1. The molecule has 9 rings (SSSR count). The molecule has 130 heavy (non-hydrogen) atoms. The third-order valence-corrected chi connectivity index (χ3v) is 25.9. The fourth-order valence-electron chi connectivity index (χ4n) is 18.6. The molecule has 0 aliphatic carbocycles. The highest BCUT2D eigenvalue weighted by molar-refractivity contribution is 5.98. The quantitative estimate of drug-likeness (QED) is 0.0187. The molecule has 30 heteroatoms. The monoisotopic (exact) mass is 1810 g/mol. The number of aliphatic carboxylic acids is 3. The van der Waals surface area contributed by atoms with Gasteiger partial charge in [-0.3, -0.25) is 57.5 Å². The van der Waals surface area contributed by atoms with E-state index < -0.39 is 90.0 Å². The molecule has 30 nitrogen and oxygen atoms in total. The van der Waals surface area contributed by atoms with Crippen molar-refractivity contribution in [1.82, 2.24) is 45.3 Å². The average Bonchev–Trinajstić information content (AvgIpc) is 1.67. The number of likely N-dealkylation sites (tertiary alicyclic amines) is 6. The van der Waals surface area contributed by atoms with Crippen molar-refractivity contribution in [1.29, 1.82) is 0 Å². The van der Waals surface area contributed by atoms with E-state index >= 15 is 0 Å². The maximum atomic E-state index is 13.7. The maximum Gasteiger partial charge on any atom is 0.326 e. The normalized spacial score (nSPS) is 18.8. The van der Waals surface area contributed by atoms with Crippen molar-refractivity contribution >= 4 is 88.4 Å². The van der Waals surface area contributed by atoms with Crippen molar-refractivity contribution in [2.24, 2.45) is 0 Å². The number of phenolic OH excluding ortho intramolecular Hbond substituents is 3. The Kier molecular flexibility index (Phi) is 47.7. The highest BCUT2D eigenvalue weighted by Crippen LogP contribution is 2.32. The summed E-state index contributed by atoms with van der Waals surface area (Å²) in [6.07, 6.45) is 38.2. The van der Waals surface area contributed by atoms with Gasteiger partial charge in [0.25, 0.3) is 0 Å². The van der Waals surface area contributed by atoms with Crippen molar-refractivity contribution in [3.63, 3.8) is 0 Å². The summed E-state index contributed by atoms with van der Waals surface area (Å²) >= 11 is 0. The van der Waals surface area contributed by atoms with Gasteiger partial charge in [-0.15, -0.1) is 6.58 Å². The van der Waals surface area contributed by atoms with Crippen LogP contribution in [0.15, 0.2) is 85.5 Å². The predicted molar refractivity (Wildman–Crippen MR) is 491 cm³/mol. The molecule has 3 aromatic rings. The van der Waals surface area contributed by atoms with Crippen LogP contribution in [-0.2, 0) is 91.2 Å². The van der Waals surface area contributed by atoms with Crippen LogP contribution in [0.25, 0.3) is 0 Å². The molecule has 9 amide bonds. The summed E-state index contributed by atoms with van der Waals surface area (Å²) in [6.45, 7) is 11.1. The van der Waals surface area contributed by atoms with Crippen molar-refractivity contribution < 1.29 is 103 Å². The lowest BCUT2D eigenvalue weighted by atomic mass is 10.0. The fraction of sp³-hybridized carbons (Fsp3) is 0.650. The van der Waals surface area contributed by atoms with Gasteiger partial charge in [0.1, 0.15) is 53.5 Å². The number of unbranched alkanes of at least 4 members (excludes halogenated alkanes) is 21. The Bertz CT molecular complexity index is 4140. The first-order valence-corrected chi connectivity index (χ1v) is 48.5. The largest absolute Gasteiger partial charge is 0.508 e. The topological polar surface area (TPSA) is 433 Å². The van der Waals surface area contributed by atoms with Crippen LogP contribution in [0, 0.1) is 0 Å². The van der Waals surface area contributed by atoms with Gasteiger partial charge in [-0.2, -0.15) is 0 Å². The molecule has 718 valence electrons. The number of rotatable bonds is 55. The first kappa shape index (κ1) is 106. The second kappa shape index (κ2) is 58.3. The van der Waals surface area contributed by atoms with Gasteiger partial charge in [0.15, 0.2) is 17.3 Å². The van der Waals surface area contributed by atoms with Gasteiger partial charge in [-0.05, 0) is 156 Å². The first-order chi connectivity index (χ1) is 62.6. The molecule has 3 aromatic carbocycles. The summed E-state index contributed by atoms with van der Waals surface area (Å²) in [5.74, 6) is -6.34.